The third kappa shape index (κ3) is 4.87. The fraction of sp³-hybridized carbons (Fsp3) is 0.583. The van der Waals surface area contributed by atoms with Gasteiger partial charge in [0.15, 0.2) is 11.7 Å². The van der Waals surface area contributed by atoms with Crippen molar-refractivity contribution in [3.05, 3.63) is 35.1 Å². The van der Waals surface area contributed by atoms with Crippen LogP contribution in [0.4, 0.5) is 9.18 Å². The lowest BCUT2D eigenvalue weighted by molar-refractivity contribution is -0.150. The fourth-order valence-electron chi connectivity index (χ4n) is 4.99. The molecule has 1 unspecified atom stereocenters. The number of imide groups is 2. The number of halogens is 1. The fourth-order valence-corrected chi connectivity index (χ4v) is 5.93. The molecule has 3 atom stereocenters. The van der Waals surface area contributed by atoms with Crippen molar-refractivity contribution in [2.75, 3.05) is 13.2 Å². The van der Waals surface area contributed by atoms with E-state index in [1.807, 2.05) is 0 Å². The Kier molecular flexibility index (Phi) is 7.07. The van der Waals surface area contributed by atoms with E-state index in [1.54, 1.807) is 32.9 Å². The van der Waals surface area contributed by atoms with Crippen molar-refractivity contribution in [2.45, 2.75) is 69.2 Å². The van der Waals surface area contributed by atoms with Crippen LogP contribution in [0.2, 0.25) is 0 Å². The first-order chi connectivity index (χ1) is 16.4. The number of nitrogens with one attached hydrogen (secondary N) is 2. The molecule has 35 heavy (non-hydrogen) atoms. The SMILES string of the molecule is CC(C)(C)[S@+]([O-])N[C@@]1(CC(=O)C2C(=O)NC(=O)N(C3CCOCC3)C2=O)CCc2cccc(F)c21. The molecule has 2 N–H and O–H groups in total. The number of aryl methyl sites for hydroxylation is 1. The monoisotopic (exact) mass is 507 g/mol. The lowest BCUT2D eigenvalue weighted by Crippen LogP contribution is -2.63. The summed E-state index contributed by atoms with van der Waals surface area (Å²) in [6, 6.07) is 3.26. The van der Waals surface area contributed by atoms with Crippen LogP contribution in [-0.4, -0.2) is 57.1 Å². The van der Waals surface area contributed by atoms with Crippen molar-refractivity contribution in [1.29, 1.82) is 0 Å². The third-order valence-corrected chi connectivity index (χ3v) is 8.48. The average Bonchev–Trinajstić information content (AvgIpc) is 3.12. The van der Waals surface area contributed by atoms with Gasteiger partial charge in [0.25, 0.3) is 5.91 Å². The van der Waals surface area contributed by atoms with Crippen LogP contribution < -0.4 is 10.0 Å². The van der Waals surface area contributed by atoms with Gasteiger partial charge in [-0.3, -0.25) is 24.6 Å². The van der Waals surface area contributed by atoms with Crippen molar-refractivity contribution < 1.29 is 32.9 Å². The van der Waals surface area contributed by atoms with Gasteiger partial charge in [0, 0.05) is 42.6 Å². The molecule has 2 aliphatic heterocycles. The lowest BCUT2D eigenvalue weighted by atomic mass is 9.82. The van der Waals surface area contributed by atoms with Crippen LogP contribution in [0.25, 0.3) is 0 Å². The van der Waals surface area contributed by atoms with Gasteiger partial charge < -0.3 is 9.29 Å². The minimum absolute atomic E-state index is 0.229. The van der Waals surface area contributed by atoms with Crippen LogP contribution in [0.3, 0.4) is 0 Å². The third-order valence-electron chi connectivity index (χ3n) is 6.79. The van der Waals surface area contributed by atoms with Gasteiger partial charge in [-0.1, -0.05) is 12.1 Å². The first kappa shape index (κ1) is 25.7. The highest BCUT2D eigenvalue weighted by molar-refractivity contribution is 7.90. The summed E-state index contributed by atoms with van der Waals surface area (Å²) in [5, 5.41) is 2.13. The number of amides is 4. The van der Waals surface area contributed by atoms with Gasteiger partial charge in [0.1, 0.15) is 10.6 Å². The van der Waals surface area contributed by atoms with Gasteiger partial charge >= 0.3 is 6.03 Å². The molecule has 0 spiro atoms. The van der Waals surface area contributed by atoms with Crippen LogP contribution in [0, 0.1) is 11.7 Å². The highest BCUT2D eigenvalue weighted by atomic mass is 32.2. The number of rotatable bonds is 6. The number of Topliss-reactive ketones (excluding diaryl/α,β-unsaturated/α-hetero) is 1. The summed E-state index contributed by atoms with van der Waals surface area (Å²) < 4.78 is 35.7. The summed E-state index contributed by atoms with van der Waals surface area (Å²) >= 11 is -1.67. The second kappa shape index (κ2) is 9.61. The highest BCUT2D eigenvalue weighted by Gasteiger charge is 2.53. The summed E-state index contributed by atoms with van der Waals surface area (Å²) in [6.45, 7) is 5.96. The van der Waals surface area contributed by atoms with E-state index in [4.69, 9.17) is 4.74 Å². The van der Waals surface area contributed by atoms with E-state index in [0.29, 0.717) is 38.0 Å². The molecule has 1 aromatic rings. The van der Waals surface area contributed by atoms with Crippen LogP contribution in [0.5, 0.6) is 0 Å². The van der Waals surface area contributed by atoms with E-state index >= 15 is 4.39 Å². The Balaban J connectivity index is 1.66. The van der Waals surface area contributed by atoms with Gasteiger partial charge in [-0.15, -0.1) is 4.72 Å². The zero-order valence-corrected chi connectivity index (χ0v) is 20.8. The maximum absolute atomic E-state index is 15.1. The number of carbonyl (C=O) groups excluding carboxylic acids is 4. The molecule has 0 aromatic heterocycles. The van der Waals surface area contributed by atoms with E-state index < -0.39 is 69.5 Å². The lowest BCUT2D eigenvalue weighted by Gasteiger charge is -2.38. The molecule has 190 valence electrons. The zero-order chi connectivity index (χ0) is 25.5. The maximum Gasteiger partial charge on any atom is 0.331 e. The normalized spacial score (nSPS) is 26.5. The first-order valence-electron chi connectivity index (χ1n) is 11.7. The van der Waals surface area contributed by atoms with Crippen molar-refractivity contribution in [2.24, 2.45) is 5.92 Å². The molecular formula is C24H30FN3O6S. The summed E-state index contributed by atoms with van der Waals surface area (Å²) in [6.07, 6.45) is 1.09. The average molecular weight is 508 g/mol. The van der Waals surface area contributed by atoms with Crippen LogP contribution in [-0.2, 0) is 42.4 Å². The topological polar surface area (TPSA) is 128 Å². The van der Waals surface area contributed by atoms with E-state index in [1.165, 1.54) is 6.07 Å². The summed E-state index contributed by atoms with van der Waals surface area (Å²) in [5.74, 6) is -4.93. The van der Waals surface area contributed by atoms with Gasteiger partial charge in [0.2, 0.25) is 5.91 Å². The van der Waals surface area contributed by atoms with Gasteiger partial charge in [0.05, 0.1) is 5.54 Å². The van der Waals surface area contributed by atoms with Crippen molar-refractivity contribution in [3.8, 4) is 0 Å². The largest absolute Gasteiger partial charge is 0.598 e. The second-order valence-corrected chi connectivity index (χ2v) is 12.2. The predicted octanol–water partition coefficient (Wildman–Crippen LogP) is 1.85. The minimum atomic E-state index is -1.74. The molecule has 4 amide bonds. The summed E-state index contributed by atoms with van der Waals surface area (Å²) in [5.41, 5.74) is -0.455. The Morgan fingerprint density at radius 1 is 1.29 bits per heavy atom. The molecular weight excluding hydrogens is 477 g/mol. The Hall–Kier alpha value is -2.34. The van der Waals surface area contributed by atoms with Gasteiger partial charge in [-0.25, -0.2) is 9.18 Å². The molecule has 0 radical (unpaired) electrons. The van der Waals surface area contributed by atoms with Gasteiger partial charge in [-0.2, -0.15) is 0 Å². The zero-order valence-electron chi connectivity index (χ0n) is 20.0. The highest BCUT2D eigenvalue weighted by Crippen LogP contribution is 2.43. The molecule has 2 saturated heterocycles. The minimum Gasteiger partial charge on any atom is -0.598 e. The molecule has 11 heteroatoms. The number of benzene rings is 1. The van der Waals surface area contributed by atoms with E-state index in [2.05, 4.69) is 10.0 Å². The maximum atomic E-state index is 15.1. The number of fused-ring (bicyclic) bond motifs is 1. The van der Waals surface area contributed by atoms with Crippen molar-refractivity contribution in [3.63, 3.8) is 0 Å². The molecule has 0 saturated carbocycles. The number of carbonyl (C=O) groups is 4. The molecule has 1 aromatic carbocycles. The predicted molar refractivity (Wildman–Crippen MR) is 125 cm³/mol. The smallest absolute Gasteiger partial charge is 0.331 e. The number of hydrogen-bond donors (Lipinski definition) is 2. The Morgan fingerprint density at radius 3 is 2.63 bits per heavy atom. The molecule has 3 aliphatic rings. The van der Waals surface area contributed by atoms with Crippen molar-refractivity contribution in [1.82, 2.24) is 14.9 Å². The standard InChI is InChI=1S/C24H30FN3O6S/c1-23(2,3)35(33)27-24(10-7-14-5-4-6-16(25)19(14)24)13-17(29)18-20(30)26-22(32)28(21(18)31)15-8-11-34-12-9-15/h4-6,15,18,27H,7-13H2,1-3H3,(H,26,30,32)/t18?,24-,35+/m1/s1. The number of barbiturate groups is 1. The van der Waals surface area contributed by atoms with E-state index in [9.17, 15) is 23.7 Å². The Morgan fingerprint density at radius 2 is 1.97 bits per heavy atom. The second-order valence-electron chi connectivity index (χ2n) is 10.3. The number of urea groups is 1. The van der Waals surface area contributed by atoms with Crippen LogP contribution in [0.1, 0.15) is 57.6 Å². The van der Waals surface area contributed by atoms with Gasteiger partial charge in [-0.05, 0) is 58.1 Å². The Bertz CT molecular complexity index is 1050. The molecule has 9 nitrogen and oxygen atoms in total. The number of ether oxygens (including phenoxy) is 1. The first-order valence-corrected chi connectivity index (χ1v) is 12.9. The van der Waals surface area contributed by atoms with E-state index in [0.717, 1.165) is 4.90 Å². The summed E-state index contributed by atoms with van der Waals surface area (Å²) in [7, 11) is 0. The molecule has 1 aliphatic carbocycles. The molecule has 2 heterocycles. The number of hydrogen-bond acceptors (Lipinski definition) is 7. The number of nitrogens with zero attached hydrogens (tertiary/aromatic N) is 1. The molecule has 2 fully saturated rings. The molecule has 4 rings (SSSR count). The molecule has 0 bridgehead atoms. The number of ketones is 1. The van der Waals surface area contributed by atoms with Crippen molar-refractivity contribution >= 4 is 35.0 Å². The van der Waals surface area contributed by atoms with Crippen LogP contribution >= 0.6 is 0 Å². The van der Waals surface area contributed by atoms with E-state index in [-0.39, 0.29) is 12.0 Å². The quantitative estimate of drug-likeness (QED) is 0.444. The van der Waals surface area contributed by atoms with Crippen LogP contribution in [0.15, 0.2) is 18.2 Å². The Labute approximate surface area is 206 Å². The summed E-state index contributed by atoms with van der Waals surface area (Å²) in [4.78, 5) is 52.9.